The van der Waals surface area contributed by atoms with Crippen molar-refractivity contribution in [1.82, 2.24) is 0 Å². The SMILES string of the molecule is Cc1cc(N)c(C2CC2)cc1I. The Balaban J connectivity index is 2.47. The lowest BCUT2D eigenvalue weighted by molar-refractivity contribution is 1.13. The molecule has 1 aliphatic carbocycles. The Bertz CT molecular complexity index is 316. The average molecular weight is 273 g/mol. The second-order valence-corrected chi connectivity index (χ2v) is 4.67. The van der Waals surface area contributed by atoms with E-state index in [2.05, 4.69) is 41.6 Å². The Kier molecular flexibility index (Phi) is 2.02. The minimum atomic E-state index is 0.763. The molecule has 1 aromatic rings. The van der Waals surface area contributed by atoms with E-state index in [1.165, 1.54) is 27.5 Å². The Morgan fingerprint density at radius 1 is 1.42 bits per heavy atom. The topological polar surface area (TPSA) is 26.0 Å². The van der Waals surface area contributed by atoms with E-state index in [0.29, 0.717) is 0 Å². The lowest BCUT2D eigenvalue weighted by Crippen LogP contribution is -1.95. The molecule has 0 heterocycles. The molecule has 1 saturated carbocycles. The third-order valence-electron chi connectivity index (χ3n) is 2.38. The molecule has 1 nitrogen and oxygen atoms in total. The molecule has 2 rings (SSSR count). The van der Waals surface area contributed by atoms with E-state index >= 15 is 0 Å². The summed E-state index contributed by atoms with van der Waals surface area (Å²) in [6.45, 7) is 2.11. The summed E-state index contributed by atoms with van der Waals surface area (Å²) in [4.78, 5) is 0. The van der Waals surface area contributed by atoms with Crippen molar-refractivity contribution in [2.75, 3.05) is 5.73 Å². The van der Waals surface area contributed by atoms with Crippen molar-refractivity contribution in [2.24, 2.45) is 0 Å². The molecule has 2 N–H and O–H groups in total. The lowest BCUT2D eigenvalue weighted by Gasteiger charge is -2.06. The summed E-state index contributed by atoms with van der Waals surface area (Å²) < 4.78 is 1.34. The van der Waals surface area contributed by atoms with Crippen LogP contribution in [0.4, 0.5) is 5.69 Å². The molecule has 0 amide bonds. The molecule has 0 atom stereocenters. The number of hydrogen-bond acceptors (Lipinski definition) is 1. The van der Waals surface area contributed by atoms with Crippen LogP contribution in [0.25, 0.3) is 0 Å². The number of rotatable bonds is 1. The molecule has 0 aliphatic heterocycles. The van der Waals surface area contributed by atoms with Crippen molar-refractivity contribution in [3.63, 3.8) is 0 Å². The standard InChI is InChI=1S/C10H12IN/c1-6-4-10(12)8(5-9(6)11)7-2-3-7/h4-5,7H,2-3,12H2,1H3. The maximum atomic E-state index is 5.93. The van der Waals surface area contributed by atoms with Crippen LogP contribution in [0.2, 0.25) is 0 Å². The van der Waals surface area contributed by atoms with Gasteiger partial charge >= 0.3 is 0 Å². The van der Waals surface area contributed by atoms with E-state index in [1.807, 2.05) is 0 Å². The largest absolute Gasteiger partial charge is 0.398 e. The smallest absolute Gasteiger partial charge is 0.0352 e. The van der Waals surface area contributed by atoms with E-state index < -0.39 is 0 Å². The van der Waals surface area contributed by atoms with E-state index in [-0.39, 0.29) is 0 Å². The van der Waals surface area contributed by atoms with Crippen molar-refractivity contribution in [1.29, 1.82) is 0 Å². The van der Waals surface area contributed by atoms with Gasteiger partial charge in [-0.25, -0.2) is 0 Å². The van der Waals surface area contributed by atoms with Gasteiger partial charge in [0.25, 0.3) is 0 Å². The number of halogens is 1. The molecular weight excluding hydrogens is 261 g/mol. The Morgan fingerprint density at radius 2 is 2.08 bits per heavy atom. The third-order valence-corrected chi connectivity index (χ3v) is 3.54. The van der Waals surface area contributed by atoms with Crippen molar-refractivity contribution < 1.29 is 0 Å². The Morgan fingerprint density at radius 3 is 2.67 bits per heavy atom. The monoisotopic (exact) mass is 273 g/mol. The van der Waals surface area contributed by atoms with Gasteiger partial charge in [-0.1, -0.05) is 0 Å². The van der Waals surface area contributed by atoms with Crippen LogP contribution in [-0.2, 0) is 0 Å². The molecule has 1 aromatic carbocycles. The summed E-state index contributed by atoms with van der Waals surface area (Å²) in [5, 5.41) is 0. The zero-order chi connectivity index (χ0) is 8.72. The molecule has 0 unspecified atom stereocenters. The lowest BCUT2D eigenvalue weighted by atomic mass is 10.1. The van der Waals surface area contributed by atoms with Crippen molar-refractivity contribution in [2.45, 2.75) is 25.7 Å². The van der Waals surface area contributed by atoms with Gasteiger partial charge in [0.15, 0.2) is 0 Å². The summed E-state index contributed by atoms with van der Waals surface area (Å²) in [5.41, 5.74) is 9.56. The van der Waals surface area contributed by atoms with E-state index in [1.54, 1.807) is 0 Å². The van der Waals surface area contributed by atoms with Crippen molar-refractivity contribution >= 4 is 28.3 Å². The maximum absolute atomic E-state index is 5.93. The van der Waals surface area contributed by atoms with Gasteiger partial charge in [0.05, 0.1) is 0 Å². The molecule has 64 valence electrons. The van der Waals surface area contributed by atoms with Crippen molar-refractivity contribution in [3.8, 4) is 0 Å². The normalized spacial score (nSPS) is 16.5. The molecule has 1 aliphatic rings. The second kappa shape index (κ2) is 2.91. The number of benzene rings is 1. The first-order chi connectivity index (χ1) is 5.68. The molecule has 12 heavy (non-hydrogen) atoms. The molecule has 0 saturated heterocycles. The highest BCUT2D eigenvalue weighted by atomic mass is 127. The highest BCUT2D eigenvalue weighted by molar-refractivity contribution is 14.1. The molecule has 0 bridgehead atoms. The zero-order valence-electron chi connectivity index (χ0n) is 7.10. The minimum Gasteiger partial charge on any atom is -0.398 e. The average Bonchev–Trinajstić information content (AvgIpc) is 2.79. The second-order valence-electron chi connectivity index (χ2n) is 3.50. The molecule has 0 spiro atoms. The van der Waals surface area contributed by atoms with Gasteiger partial charge in [-0.15, -0.1) is 0 Å². The molecule has 1 fully saturated rings. The van der Waals surface area contributed by atoms with Crippen molar-refractivity contribution in [3.05, 3.63) is 26.8 Å². The van der Waals surface area contributed by atoms with Crippen LogP contribution in [0, 0.1) is 10.5 Å². The Labute approximate surface area is 86.5 Å². The van der Waals surface area contributed by atoms with Crippen LogP contribution in [0.1, 0.15) is 29.9 Å². The first kappa shape index (κ1) is 8.35. The van der Waals surface area contributed by atoms with Crippen LogP contribution in [-0.4, -0.2) is 0 Å². The highest BCUT2D eigenvalue weighted by Crippen LogP contribution is 2.43. The summed E-state index contributed by atoms with van der Waals surface area (Å²) >= 11 is 2.37. The van der Waals surface area contributed by atoms with E-state index in [4.69, 9.17) is 5.73 Å². The first-order valence-electron chi connectivity index (χ1n) is 4.24. The van der Waals surface area contributed by atoms with Gasteiger partial charge in [0.1, 0.15) is 0 Å². The summed E-state index contributed by atoms with van der Waals surface area (Å²) in [6.07, 6.45) is 2.65. The molecule has 0 radical (unpaired) electrons. The van der Waals surface area contributed by atoms with Gasteiger partial charge in [-0.05, 0) is 71.5 Å². The van der Waals surface area contributed by atoms with Crippen LogP contribution >= 0.6 is 22.6 Å². The van der Waals surface area contributed by atoms with Gasteiger partial charge < -0.3 is 5.73 Å². The van der Waals surface area contributed by atoms with E-state index in [0.717, 1.165) is 11.6 Å². The number of anilines is 1. The van der Waals surface area contributed by atoms with Gasteiger partial charge in [0, 0.05) is 9.26 Å². The zero-order valence-corrected chi connectivity index (χ0v) is 9.26. The number of nitrogens with two attached hydrogens (primary N) is 1. The highest BCUT2D eigenvalue weighted by Gasteiger charge is 2.25. The predicted molar refractivity (Wildman–Crippen MR) is 60.3 cm³/mol. The van der Waals surface area contributed by atoms with Crippen LogP contribution in [0.5, 0.6) is 0 Å². The number of nitrogen functional groups attached to an aromatic ring is 1. The first-order valence-corrected chi connectivity index (χ1v) is 5.32. The van der Waals surface area contributed by atoms with Crippen LogP contribution in [0.3, 0.4) is 0 Å². The number of hydrogen-bond donors (Lipinski definition) is 1. The Hall–Kier alpha value is -0.250. The molecule has 0 aromatic heterocycles. The fourth-order valence-corrected chi connectivity index (χ4v) is 1.96. The van der Waals surface area contributed by atoms with Gasteiger partial charge in [-0.2, -0.15) is 0 Å². The fourth-order valence-electron chi connectivity index (χ4n) is 1.47. The quantitative estimate of drug-likeness (QED) is 0.617. The summed E-state index contributed by atoms with van der Waals surface area (Å²) in [6, 6.07) is 4.33. The minimum absolute atomic E-state index is 0.763. The third kappa shape index (κ3) is 1.44. The van der Waals surface area contributed by atoms with Gasteiger partial charge in [0.2, 0.25) is 0 Å². The fraction of sp³-hybridized carbons (Fsp3) is 0.400. The van der Waals surface area contributed by atoms with Crippen LogP contribution < -0.4 is 5.73 Å². The molecular formula is C10H12IN. The van der Waals surface area contributed by atoms with E-state index in [9.17, 15) is 0 Å². The van der Waals surface area contributed by atoms with Gasteiger partial charge in [-0.3, -0.25) is 0 Å². The molecule has 2 heteroatoms. The number of aryl methyl sites for hydroxylation is 1. The van der Waals surface area contributed by atoms with Crippen LogP contribution in [0.15, 0.2) is 12.1 Å². The maximum Gasteiger partial charge on any atom is 0.0352 e. The summed E-state index contributed by atoms with van der Waals surface area (Å²) in [5.74, 6) is 0.763. The predicted octanol–water partition coefficient (Wildman–Crippen LogP) is 3.06. The summed E-state index contributed by atoms with van der Waals surface area (Å²) in [7, 11) is 0.